The zero-order valence-electron chi connectivity index (χ0n) is 15.9. The van der Waals surface area contributed by atoms with Gasteiger partial charge in [0.15, 0.2) is 5.75 Å². The maximum Gasteiger partial charge on any atom is 0.328 e. The van der Waals surface area contributed by atoms with Crippen LogP contribution in [0.3, 0.4) is 0 Å². The molecule has 0 N–H and O–H groups in total. The van der Waals surface area contributed by atoms with Gasteiger partial charge in [0.05, 0.1) is 0 Å². The number of carbonyl (C=O) groups is 1. The second-order valence-electron chi connectivity index (χ2n) is 8.56. The highest BCUT2D eigenvalue weighted by atomic mass is 28.4. The predicted molar refractivity (Wildman–Crippen MR) is 103 cm³/mol. The van der Waals surface area contributed by atoms with Gasteiger partial charge in [-0.25, -0.2) is 4.79 Å². The Morgan fingerprint density at radius 2 is 1.30 bits per heavy atom. The van der Waals surface area contributed by atoms with E-state index in [1.54, 1.807) is 6.07 Å². The van der Waals surface area contributed by atoms with Gasteiger partial charge in [-0.15, -0.1) is 0 Å². The fourth-order valence-electron chi connectivity index (χ4n) is 1.83. The predicted octanol–water partition coefficient (Wildman–Crippen LogP) is 5.11. The number of benzene rings is 1. The lowest BCUT2D eigenvalue weighted by Crippen LogP contribution is -2.34. The van der Waals surface area contributed by atoms with Crippen molar-refractivity contribution in [1.82, 2.24) is 0 Å². The molecule has 0 saturated heterocycles. The Labute approximate surface area is 143 Å². The first-order valence-electron chi connectivity index (χ1n) is 7.92. The van der Waals surface area contributed by atoms with Crippen LogP contribution >= 0.6 is 0 Å². The van der Waals surface area contributed by atoms with Crippen LogP contribution in [0.4, 0.5) is 0 Å². The summed E-state index contributed by atoms with van der Waals surface area (Å²) >= 11 is 0. The summed E-state index contributed by atoms with van der Waals surface area (Å²) in [7, 11) is -5.69. The molecule has 0 bridgehead atoms. The molecule has 0 fully saturated rings. The molecule has 0 amide bonds. The van der Waals surface area contributed by atoms with E-state index in [4.69, 9.17) is 13.3 Å². The molecule has 0 atom stereocenters. The molecule has 1 aromatic carbocycles. The van der Waals surface area contributed by atoms with Crippen molar-refractivity contribution in [2.75, 3.05) is 0 Å². The highest BCUT2D eigenvalue weighted by molar-refractivity contribution is 6.72. The Hall–Kier alpha value is -1.06. The lowest BCUT2D eigenvalue weighted by atomic mass is 10.2. The van der Waals surface area contributed by atoms with E-state index in [0.29, 0.717) is 17.1 Å². The summed E-state index contributed by atoms with van der Waals surface area (Å²) in [4.78, 5) is 12.6. The molecule has 1 aromatic rings. The molecule has 23 heavy (non-hydrogen) atoms. The Balaban J connectivity index is 3.33. The van der Waals surface area contributed by atoms with E-state index in [1.165, 1.54) is 0 Å². The lowest BCUT2D eigenvalue weighted by Gasteiger charge is -2.28. The average molecular weight is 371 g/mol. The first-order valence-corrected chi connectivity index (χ1v) is 18.1. The van der Waals surface area contributed by atoms with Crippen molar-refractivity contribution in [3.8, 4) is 11.5 Å². The first-order chi connectivity index (χ1) is 10.2. The van der Waals surface area contributed by atoms with E-state index in [0.717, 1.165) is 0 Å². The summed E-state index contributed by atoms with van der Waals surface area (Å²) in [5.41, 5.74) is 0.464. The third kappa shape index (κ3) is 7.36. The van der Waals surface area contributed by atoms with Gasteiger partial charge in [-0.05, 0) is 71.1 Å². The summed E-state index contributed by atoms with van der Waals surface area (Å²) < 4.78 is 18.0. The van der Waals surface area contributed by atoms with E-state index >= 15 is 0 Å². The zero-order chi connectivity index (χ0) is 18.1. The Morgan fingerprint density at radius 3 is 1.74 bits per heavy atom. The van der Waals surface area contributed by atoms with Crippen LogP contribution in [0, 0.1) is 0 Å². The number of rotatable bonds is 6. The maximum absolute atomic E-state index is 12.6. The molecule has 1 rings (SSSR count). The molecule has 0 radical (unpaired) electrons. The van der Waals surface area contributed by atoms with Crippen LogP contribution in [0.5, 0.6) is 11.5 Å². The summed E-state index contributed by atoms with van der Waals surface area (Å²) in [5, 5.41) is 0. The fraction of sp³-hybridized carbons (Fsp3) is 0.562. The van der Waals surface area contributed by atoms with E-state index in [1.807, 2.05) is 31.8 Å². The van der Waals surface area contributed by atoms with Crippen LogP contribution in [-0.4, -0.2) is 30.9 Å². The van der Waals surface area contributed by atoms with Crippen molar-refractivity contribution in [1.29, 1.82) is 0 Å². The zero-order valence-corrected chi connectivity index (χ0v) is 18.9. The number of hydrogen-bond acceptors (Lipinski definition) is 4. The molecule has 0 heterocycles. The van der Waals surface area contributed by atoms with Crippen molar-refractivity contribution in [2.45, 2.75) is 58.9 Å². The van der Waals surface area contributed by atoms with Crippen molar-refractivity contribution in [3.05, 3.63) is 23.8 Å². The van der Waals surface area contributed by atoms with Crippen LogP contribution in [0.25, 0.3) is 0 Å². The Kier molecular flexibility index (Phi) is 5.93. The molecule has 4 nitrogen and oxygen atoms in total. The third-order valence-corrected chi connectivity index (χ3v) is 4.87. The van der Waals surface area contributed by atoms with Gasteiger partial charge in [-0.3, -0.25) is 0 Å². The molecule has 0 saturated carbocycles. The molecular formula is C16H30O4Si3. The van der Waals surface area contributed by atoms with E-state index in [9.17, 15) is 4.79 Å². The molecule has 130 valence electrons. The molecule has 0 aliphatic heterocycles. The number of hydrogen-bond donors (Lipinski definition) is 0. The van der Waals surface area contributed by atoms with E-state index < -0.39 is 25.0 Å². The molecule has 0 aliphatic rings. The molecule has 7 heteroatoms. The SMILES string of the molecule is C[Si](C)(C)OC(=O)c1cccc(O[Si](C)(C)C)c1O[Si](C)(C)C. The first kappa shape index (κ1) is 20.0. The lowest BCUT2D eigenvalue weighted by molar-refractivity contribution is 0.0722. The van der Waals surface area contributed by atoms with E-state index in [2.05, 4.69) is 39.3 Å². The van der Waals surface area contributed by atoms with Crippen molar-refractivity contribution in [2.24, 2.45) is 0 Å². The average Bonchev–Trinajstić information content (AvgIpc) is 2.25. The van der Waals surface area contributed by atoms with Gasteiger partial charge < -0.3 is 13.3 Å². The van der Waals surface area contributed by atoms with Gasteiger partial charge in [0, 0.05) is 0 Å². The summed E-state index contributed by atoms with van der Waals surface area (Å²) in [6.45, 7) is 18.6. The Bertz CT molecular complexity index is 566. The van der Waals surface area contributed by atoms with Gasteiger partial charge in [0.1, 0.15) is 11.3 Å². The van der Waals surface area contributed by atoms with Crippen LogP contribution in [0.15, 0.2) is 18.2 Å². The molecule has 0 aliphatic carbocycles. The number of carbonyl (C=O) groups excluding carboxylic acids is 1. The minimum Gasteiger partial charge on any atom is -0.542 e. The summed E-state index contributed by atoms with van der Waals surface area (Å²) in [6.07, 6.45) is 0. The monoisotopic (exact) mass is 370 g/mol. The molecular weight excluding hydrogens is 340 g/mol. The van der Waals surface area contributed by atoms with Crippen molar-refractivity contribution < 1.29 is 18.1 Å². The molecule has 0 aromatic heterocycles. The molecule has 0 unspecified atom stereocenters. The minimum atomic E-state index is -1.97. The second kappa shape index (κ2) is 6.82. The second-order valence-corrected chi connectivity index (χ2v) is 21.9. The minimum absolute atomic E-state index is 0.321. The highest BCUT2D eigenvalue weighted by Gasteiger charge is 2.29. The van der Waals surface area contributed by atoms with Gasteiger partial charge in [-0.2, -0.15) is 0 Å². The smallest absolute Gasteiger partial charge is 0.328 e. The number of para-hydroxylation sites is 1. The normalized spacial score (nSPS) is 12.7. The van der Waals surface area contributed by atoms with Gasteiger partial charge >= 0.3 is 5.97 Å². The van der Waals surface area contributed by atoms with Crippen LogP contribution < -0.4 is 8.85 Å². The van der Waals surface area contributed by atoms with Gasteiger partial charge in [0.25, 0.3) is 0 Å². The molecule has 0 spiro atoms. The largest absolute Gasteiger partial charge is 0.542 e. The van der Waals surface area contributed by atoms with Crippen LogP contribution in [0.1, 0.15) is 10.4 Å². The topological polar surface area (TPSA) is 44.8 Å². The van der Waals surface area contributed by atoms with Gasteiger partial charge in [0.2, 0.25) is 25.0 Å². The van der Waals surface area contributed by atoms with Crippen molar-refractivity contribution >= 4 is 30.9 Å². The van der Waals surface area contributed by atoms with E-state index in [-0.39, 0.29) is 5.97 Å². The van der Waals surface area contributed by atoms with Gasteiger partial charge in [-0.1, -0.05) is 6.07 Å². The highest BCUT2D eigenvalue weighted by Crippen LogP contribution is 2.35. The van der Waals surface area contributed by atoms with Crippen LogP contribution in [-0.2, 0) is 4.43 Å². The third-order valence-electron chi connectivity index (χ3n) is 2.42. The standard InChI is InChI=1S/C16H30O4Si3/c1-21(2,3)18-14-12-10-11-13(15(14)19-22(4,5)6)16(17)20-23(7,8)9/h10-12H,1-9H3. The fourth-order valence-corrected chi connectivity index (χ4v) is 4.14. The quantitative estimate of drug-likeness (QED) is 0.653. The maximum atomic E-state index is 12.6. The Morgan fingerprint density at radius 1 is 0.783 bits per heavy atom. The van der Waals surface area contributed by atoms with Crippen LogP contribution in [0.2, 0.25) is 58.9 Å². The summed E-state index contributed by atoms with van der Waals surface area (Å²) in [6, 6.07) is 5.46. The summed E-state index contributed by atoms with van der Waals surface area (Å²) in [5.74, 6) is 0.868. The van der Waals surface area contributed by atoms with Crippen molar-refractivity contribution in [3.63, 3.8) is 0 Å².